The molecule has 2 aromatic rings. The van der Waals surface area contributed by atoms with Gasteiger partial charge in [-0.1, -0.05) is 74.8 Å². The van der Waals surface area contributed by atoms with Crippen LogP contribution < -0.4 is 0 Å². The van der Waals surface area contributed by atoms with Crippen LogP contribution in [0.4, 0.5) is 0 Å². The molecule has 0 heterocycles. The maximum atomic E-state index is 6.26. The van der Waals surface area contributed by atoms with Gasteiger partial charge in [0.05, 0.1) is 0 Å². The molecule has 0 nitrogen and oxygen atoms in total. The van der Waals surface area contributed by atoms with Crippen LogP contribution in [-0.4, -0.2) is 0 Å². The van der Waals surface area contributed by atoms with Gasteiger partial charge in [0.25, 0.3) is 0 Å². The summed E-state index contributed by atoms with van der Waals surface area (Å²) in [5.41, 5.74) is 4.07. The molecule has 0 aliphatic heterocycles. The average molecular weight is 287 g/mol. The molecule has 20 heavy (non-hydrogen) atoms. The highest BCUT2D eigenvalue weighted by Gasteiger charge is 2.10. The summed E-state index contributed by atoms with van der Waals surface area (Å²) in [5.74, 6) is 1.19. The second-order valence-electron chi connectivity index (χ2n) is 6.04. The molecule has 0 amide bonds. The van der Waals surface area contributed by atoms with Gasteiger partial charge in [-0.25, -0.2) is 0 Å². The van der Waals surface area contributed by atoms with Crippen molar-refractivity contribution in [1.29, 1.82) is 0 Å². The molecule has 0 aliphatic rings. The van der Waals surface area contributed by atoms with Gasteiger partial charge < -0.3 is 0 Å². The van der Waals surface area contributed by atoms with Gasteiger partial charge in [-0.2, -0.15) is 0 Å². The van der Waals surface area contributed by atoms with Gasteiger partial charge >= 0.3 is 0 Å². The fourth-order valence-electron chi connectivity index (χ4n) is 2.61. The predicted octanol–water partition coefficient (Wildman–Crippen LogP) is 5.88. The van der Waals surface area contributed by atoms with Crippen LogP contribution in [0.1, 0.15) is 43.4 Å². The number of rotatable bonds is 5. The van der Waals surface area contributed by atoms with E-state index >= 15 is 0 Å². The Morgan fingerprint density at radius 1 is 0.900 bits per heavy atom. The van der Waals surface area contributed by atoms with Crippen LogP contribution in [0.25, 0.3) is 0 Å². The van der Waals surface area contributed by atoms with Gasteiger partial charge in [-0.15, -0.1) is 0 Å². The zero-order valence-corrected chi connectivity index (χ0v) is 13.3. The van der Waals surface area contributed by atoms with Gasteiger partial charge in [-0.05, 0) is 47.4 Å². The molecule has 0 radical (unpaired) electrons. The molecule has 0 N–H and O–H groups in total. The second kappa shape index (κ2) is 6.95. The summed E-state index contributed by atoms with van der Waals surface area (Å²) in [6.45, 7) is 6.80. The fourth-order valence-corrected chi connectivity index (χ4v) is 2.82. The van der Waals surface area contributed by atoms with Crippen LogP contribution in [0.15, 0.2) is 48.5 Å². The normalized spacial score (nSPS) is 12.7. The summed E-state index contributed by atoms with van der Waals surface area (Å²) in [5, 5.41) is 0.873. The Kier molecular flexibility index (Phi) is 5.25. The van der Waals surface area contributed by atoms with Crippen LogP contribution in [0, 0.1) is 5.92 Å². The minimum absolute atomic E-state index is 0.488. The minimum atomic E-state index is 0.488. The van der Waals surface area contributed by atoms with E-state index in [4.69, 9.17) is 11.6 Å². The lowest BCUT2D eigenvalue weighted by atomic mass is 9.91. The van der Waals surface area contributed by atoms with Crippen LogP contribution >= 0.6 is 11.6 Å². The lowest BCUT2D eigenvalue weighted by Gasteiger charge is -2.15. The molecule has 2 aromatic carbocycles. The molecular weight excluding hydrogens is 264 g/mol. The van der Waals surface area contributed by atoms with Gasteiger partial charge in [0.2, 0.25) is 0 Å². The van der Waals surface area contributed by atoms with E-state index in [1.54, 1.807) is 0 Å². The molecule has 106 valence electrons. The van der Waals surface area contributed by atoms with E-state index < -0.39 is 0 Å². The quantitative estimate of drug-likeness (QED) is 0.643. The van der Waals surface area contributed by atoms with Crippen molar-refractivity contribution in [3.8, 4) is 0 Å². The van der Waals surface area contributed by atoms with E-state index in [9.17, 15) is 0 Å². The van der Waals surface area contributed by atoms with Crippen molar-refractivity contribution in [3.63, 3.8) is 0 Å². The smallest absolute Gasteiger partial charge is 0.0438 e. The van der Waals surface area contributed by atoms with Crippen molar-refractivity contribution in [2.45, 2.75) is 39.5 Å². The van der Waals surface area contributed by atoms with Crippen molar-refractivity contribution in [2.75, 3.05) is 0 Å². The van der Waals surface area contributed by atoms with Crippen molar-refractivity contribution >= 4 is 11.6 Å². The molecule has 2 rings (SSSR count). The Morgan fingerprint density at radius 2 is 1.65 bits per heavy atom. The maximum absolute atomic E-state index is 6.26. The molecule has 1 heteroatoms. The van der Waals surface area contributed by atoms with E-state index in [0.717, 1.165) is 17.9 Å². The highest BCUT2D eigenvalue weighted by Crippen LogP contribution is 2.25. The van der Waals surface area contributed by atoms with Crippen molar-refractivity contribution in [2.24, 2.45) is 5.92 Å². The number of halogens is 1. The zero-order valence-electron chi connectivity index (χ0n) is 12.6. The van der Waals surface area contributed by atoms with Crippen molar-refractivity contribution in [3.05, 3.63) is 70.2 Å². The molecule has 0 fully saturated rings. The minimum Gasteiger partial charge on any atom is -0.0840 e. The first-order valence-electron chi connectivity index (χ1n) is 7.38. The van der Waals surface area contributed by atoms with Gasteiger partial charge in [0, 0.05) is 5.02 Å². The summed E-state index contributed by atoms with van der Waals surface area (Å²) in [7, 11) is 0. The summed E-state index contributed by atoms with van der Waals surface area (Å²) in [6, 6.07) is 17.1. The maximum Gasteiger partial charge on any atom is 0.0438 e. The highest BCUT2D eigenvalue weighted by molar-refractivity contribution is 6.31. The molecule has 0 bridgehead atoms. The summed E-state index contributed by atoms with van der Waals surface area (Å²) in [6.07, 6.45) is 2.14. The third kappa shape index (κ3) is 4.11. The van der Waals surface area contributed by atoms with E-state index in [1.165, 1.54) is 16.7 Å². The SMILES string of the molecule is CC(C)Cc1cccc(C(C)Cc2ccccc2Cl)c1. The monoisotopic (exact) mass is 286 g/mol. The first kappa shape index (κ1) is 15.1. The van der Waals surface area contributed by atoms with E-state index in [1.807, 2.05) is 12.1 Å². The Hall–Kier alpha value is -1.27. The Morgan fingerprint density at radius 3 is 2.35 bits per heavy atom. The Bertz CT molecular complexity index is 557. The third-order valence-electron chi connectivity index (χ3n) is 3.65. The van der Waals surface area contributed by atoms with Crippen molar-refractivity contribution in [1.82, 2.24) is 0 Å². The molecule has 0 saturated heterocycles. The van der Waals surface area contributed by atoms with Crippen molar-refractivity contribution < 1.29 is 0 Å². The number of hydrogen-bond donors (Lipinski definition) is 0. The first-order valence-corrected chi connectivity index (χ1v) is 7.76. The molecule has 1 atom stereocenters. The molecular formula is C19H23Cl. The molecule has 0 saturated carbocycles. The number of hydrogen-bond acceptors (Lipinski definition) is 0. The zero-order chi connectivity index (χ0) is 14.5. The average Bonchev–Trinajstić information content (AvgIpc) is 2.41. The van der Waals surface area contributed by atoms with Crippen LogP contribution in [-0.2, 0) is 12.8 Å². The highest BCUT2D eigenvalue weighted by atomic mass is 35.5. The number of benzene rings is 2. The molecule has 1 unspecified atom stereocenters. The van der Waals surface area contributed by atoms with Gasteiger partial charge in [0.1, 0.15) is 0 Å². The topological polar surface area (TPSA) is 0 Å². The summed E-state index contributed by atoms with van der Waals surface area (Å²) >= 11 is 6.26. The van der Waals surface area contributed by atoms with E-state index in [2.05, 4.69) is 57.2 Å². The first-order chi connectivity index (χ1) is 9.56. The van der Waals surface area contributed by atoms with Gasteiger partial charge in [0.15, 0.2) is 0 Å². The van der Waals surface area contributed by atoms with E-state index in [0.29, 0.717) is 11.8 Å². The Labute approximate surface area is 127 Å². The summed E-state index contributed by atoms with van der Waals surface area (Å²) < 4.78 is 0. The second-order valence-corrected chi connectivity index (χ2v) is 6.45. The van der Waals surface area contributed by atoms with E-state index in [-0.39, 0.29) is 0 Å². The fraction of sp³-hybridized carbons (Fsp3) is 0.368. The third-order valence-corrected chi connectivity index (χ3v) is 4.02. The molecule has 0 aliphatic carbocycles. The Balaban J connectivity index is 2.13. The van der Waals surface area contributed by atoms with Crippen LogP contribution in [0.2, 0.25) is 5.02 Å². The summed E-state index contributed by atoms with van der Waals surface area (Å²) in [4.78, 5) is 0. The predicted molar refractivity (Wildman–Crippen MR) is 88.6 cm³/mol. The largest absolute Gasteiger partial charge is 0.0840 e. The van der Waals surface area contributed by atoms with Crippen LogP contribution in [0.5, 0.6) is 0 Å². The standard InChI is InChI=1S/C19H23Cl/c1-14(2)11-16-7-6-9-17(13-16)15(3)12-18-8-4-5-10-19(18)20/h4-10,13-15H,11-12H2,1-3H3. The van der Waals surface area contributed by atoms with Crippen LogP contribution in [0.3, 0.4) is 0 Å². The molecule has 0 aromatic heterocycles. The molecule has 0 spiro atoms. The lowest BCUT2D eigenvalue weighted by Crippen LogP contribution is -2.01. The van der Waals surface area contributed by atoms with Gasteiger partial charge in [-0.3, -0.25) is 0 Å². The lowest BCUT2D eigenvalue weighted by molar-refractivity contribution is 0.645.